The molecule has 0 fully saturated rings. The highest BCUT2D eigenvalue weighted by molar-refractivity contribution is 5.91. The Kier molecular flexibility index (Phi) is 6.09. The number of halogens is 1. The number of carbonyl (C=O) groups excluding carboxylic acids is 1. The predicted octanol–water partition coefficient (Wildman–Crippen LogP) is 5.37. The van der Waals surface area contributed by atoms with E-state index in [4.69, 9.17) is 10.7 Å². The largest absolute Gasteiger partial charge is 0.398 e. The fourth-order valence-corrected chi connectivity index (χ4v) is 4.82. The summed E-state index contributed by atoms with van der Waals surface area (Å²) in [7, 11) is 0. The number of aromatic nitrogens is 3. The fraction of sp³-hybridized carbons (Fsp3) is 0.138. The molecule has 5 aromatic rings. The molecule has 7 nitrogen and oxygen atoms in total. The maximum Gasteiger partial charge on any atom is 0.267 e. The van der Waals surface area contributed by atoms with Crippen molar-refractivity contribution in [3.05, 3.63) is 100 Å². The standard InChI is InChI=1S/C29H26FN5O2/c1-4-24-26(19-10-6-5-7-11-19)28(37)35-27(21-12-8-9-13-22(21)31)17(2)32-29(35)34(24)25-16-20(30)14-15-23(25)33-18(3)36/h5-16H,4,31H2,1-3H3,(H,33,36). The molecule has 0 atom stereocenters. The Hall–Kier alpha value is -4.72. The lowest BCUT2D eigenvalue weighted by atomic mass is 10.0. The van der Waals surface area contributed by atoms with E-state index in [-0.39, 0.29) is 11.5 Å². The number of anilines is 2. The van der Waals surface area contributed by atoms with Gasteiger partial charge in [0.1, 0.15) is 5.82 Å². The molecule has 37 heavy (non-hydrogen) atoms. The second kappa shape index (κ2) is 9.39. The van der Waals surface area contributed by atoms with Crippen LogP contribution in [-0.2, 0) is 11.2 Å². The third-order valence-corrected chi connectivity index (χ3v) is 6.33. The van der Waals surface area contributed by atoms with E-state index in [9.17, 15) is 14.0 Å². The number of nitrogen functional groups attached to an aromatic ring is 1. The van der Waals surface area contributed by atoms with E-state index in [2.05, 4.69) is 5.32 Å². The lowest BCUT2D eigenvalue weighted by molar-refractivity contribution is -0.114. The number of nitrogens with one attached hydrogen (secondary N) is 1. The number of hydrogen-bond donors (Lipinski definition) is 2. The molecule has 0 bridgehead atoms. The average Bonchev–Trinajstić information content (AvgIpc) is 3.22. The first-order chi connectivity index (χ1) is 17.8. The monoisotopic (exact) mass is 495 g/mol. The smallest absolute Gasteiger partial charge is 0.267 e. The van der Waals surface area contributed by atoms with Crippen LogP contribution in [0.15, 0.2) is 77.6 Å². The molecule has 0 aliphatic carbocycles. The molecule has 8 heteroatoms. The van der Waals surface area contributed by atoms with Crippen LogP contribution in [0.2, 0.25) is 0 Å². The van der Waals surface area contributed by atoms with E-state index in [1.165, 1.54) is 29.5 Å². The molecule has 3 N–H and O–H groups in total. The molecule has 0 spiro atoms. The van der Waals surface area contributed by atoms with Crippen LogP contribution >= 0.6 is 0 Å². The van der Waals surface area contributed by atoms with Crippen molar-refractivity contribution in [2.24, 2.45) is 0 Å². The number of imidazole rings is 1. The molecule has 0 saturated heterocycles. The Morgan fingerprint density at radius 3 is 2.43 bits per heavy atom. The van der Waals surface area contributed by atoms with Crippen LogP contribution in [0.3, 0.4) is 0 Å². The summed E-state index contributed by atoms with van der Waals surface area (Å²) in [5.74, 6) is -0.488. The Morgan fingerprint density at radius 2 is 1.76 bits per heavy atom. The van der Waals surface area contributed by atoms with Crippen LogP contribution in [0.1, 0.15) is 25.2 Å². The van der Waals surface area contributed by atoms with Crippen molar-refractivity contribution in [3.8, 4) is 28.1 Å². The third-order valence-electron chi connectivity index (χ3n) is 6.33. The molecular formula is C29H26FN5O2. The van der Waals surface area contributed by atoms with Gasteiger partial charge in [-0.2, -0.15) is 0 Å². The van der Waals surface area contributed by atoms with Crippen molar-refractivity contribution >= 4 is 23.1 Å². The number of para-hydroxylation sites is 1. The molecule has 2 heterocycles. The number of aryl methyl sites for hydroxylation is 1. The van der Waals surface area contributed by atoms with Gasteiger partial charge in [0.05, 0.1) is 28.3 Å². The predicted molar refractivity (Wildman–Crippen MR) is 144 cm³/mol. The van der Waals surface area contributed by atoms with Crippen LogP contribution in [0, 0.1) is 12.7 Å². The number of carbonyl (C=O) groups is 1. The number of benzene rings is 3. The SMILES string of the molecule is CCc1c(-c2ccccc2)c(=O)n2c(-c3ccccc3N)c(C)nc2n1-c1cc(F)ccc1NC(C)=O. The van der Waals surface area contributed by atoms with Gasteiger partial charge in [0, 0.05) is 29.9 Å². The Morgan fingerprint density at radius 1 is 1.05 bits per heavy atom. The number of hydrogen-bond acceptors (Lipinski definition) is 4. The zero-order chi connectivity index (χ0) is 26.3. The number of nitrogens with two attached hydrogens (primary N) is 1. The van der Waals surface area contributed by atoms with Crippen molar-refractivity contribution in [2.45, 2.75) is 27.2 Å². The number of rotatable bonds is 5. The van der Waals surface area contributed by atoms with Gasteiger partial charge in [0.15, 0.2) is 0 Å². The zero-order valence-corrected chi connectivity index (χ0v) is 20.7. The lowest BCUT2D eigenvalue weighted by Gasteiger charge is -2.21. The van der Waals surface area contributed by atoms with Crippen LogP contribution < -0.4 is 16.6 Å². The van der Waals surface area contributed by atoms with Crippen LogP contribution in [0.25, 0.3) is 33.8 Å². The molecule has 0 aliphatic heterocycles. The summed E-state index contributed by atoms with van der Waals surface area (Å²) in [5.41, 5.74) is 11.0. The second-order valence-electron chi connectivity index (χ2n) is 8.79. The minimum absolute atomic E-state index is 0.259. The van der Waals surface area contributed by atoms with Gasteiger partial charge in [-0.15, -0.1) is 0 Å². The van der Waals surface area contributed by atoms with Crippen LogP contribution in [0.4, 0.5) is 15.8 Å². The van der Waals surface area contributed by atoms with Crippen LogP contribution in [0.5, 0.6) is 0 Å². The molecule has 0 aliphatic rings. The van der Waals surface area contributed by atoms with Crippen molar-refractivity contribution in [3.63, 3.8) is 0 Å². The number of amides is 1. The minimum Gasteiger partial charge on any atom is -0.398 e. The van der Waals surface area contributed by atoms with Gasteiger partial charge in [0.2, 0.25) is 11.7 Å². The summed E-state index contributed by atoms with van der Waals surface area (Å²) in [6, 6.07) is 20.8. The maximum atomic E-state index is 14.7. The van der Waals surface area contributed by atoms with Gasteiger partial charge in [-0.3, -0.25) is 14.2 Å². The van der Waals surface area contributed by atoms with Crippen molar-refractivity contribution in [2.75, 3.05) is 11.1 Å². The van der Waals surface area contributed by atoms with E-state index in [0.717, 1.165) is 5.56 Å². The van der Waals surface area contributed by atoms with E-state index in [1.807, 2.05) is 62.4 Å². The molecule has 5 rings (SSSR count). The first-order valence-electron chi connectivity index (χ1n) is 12.0. The van der Waals surface area contributed by atoms with Gasteiger partial charge in [-0.05, 0) is 37.1 Å². The normalized spacial score (nSPS) is 11.1. The summed E-state index contributed by atoms with van der Waals surface area (Å²) in [6.07, 6.45) is 0.445. The highest BCUT2D eigenvalue weighted by atomic mass is 19.1. The Balaban J connectivity index is 2.02. The molecule has 186 valence electrons. The summed E-state index contributed by atoms with van der Waals surface area (Å²) in [6.45, 7) is 5.13. The molecule has 0 unspecified atom stereocenters. The zero-order valence-electron chi connectivity index (χ0n) is 20.7. The summed E-state index contributed by atoms with van der Waals surface area (Å²) in [5, 5.41) is 2.79. The topological polar surface area (TPSA) is 94.4 Å². The second-order valence-corrected chi connectivity index (χ2v) is 8.79. The van der Waals surface area contributed by atoms with E-state index in [0.29, 0.717) is 57.5 Å². The van der Waals surface area contributed by atoms with Gasteiger partial charge in [0.25, 0.3) is 5.56 Å². The third kappa shape index (κ3) is 4.06. The van der Waals surface area contributed by atoms with Crippen molar-refractivity contribution < 1.29 is 9.18 Å². The Labute approximate surface area is 213 Å². The lowest BCUT2D eigenvalue weighted by Crippen LogP contribution is -2.25. The first-order valence-corrected chi connectivity index (χ1v) is 12.0. The van der Waals surface area contributed by atoms with Gasteiger partial charge < -0.3 is 11.1 Å². The average molecular weight is 496 g/mol. The maximum absolute atomic E-state index is 14.7. The van der Waals surface area contributed by atoms with E-state index >= 15 is 0 Å². The van der Waals surface area contributed by atoms with Crippen molar-refractivity contribution in [1.82, 2.24) is 14.0 Å². The van der Waals surface area contributed by atoms with E-state index < -0.39 is 5.82 Å². The van der Waals surface area contributed by atoms with Crippen molar-refractivity contribution in [1.29, 1.82) is 0 Å². The quantitative estimate of drug-likeness (QED) is 0.321. The molecule has 0 radical (unpaired) electrons. The number of nitrogens with zero attached hydrogens (tertiary/aromatic N) is 3. The fourth-order valence-electron chi connectivity index (χ4n) is 4.82. The minimum atomic E-state index is -0.486. The van der Waals surface area contributed by atoms with E-state index in [1.54, 1.807) is 10.6 Å². The van der Waals surface area contributed by atoms with Crippen LogP contribution in [-0.4, -0.2) is 19.9 Å². The Bertz CT molecular complexity index is 1720. The van der Waals surface area contributed by atoms with Gasteiger partial charge in [-0.25, -0.2) is 13.8 Å². The summed E-state index contributed by atoms with van der Waals surface area (Å²) < 4.78 is 18.0. The first kappa shape index (κ1) is 24.0. The van der Waals surface area contributed by atoms with Gasteiger partial charge >= 0.3 is 0 Å². The summed E-state index contributed by atoms with van der Waals surface area (Å²) >= 11 is 0. The highest BCUT2D eigenvalue weighted by Crippen LogP contribution is 2.34. The molecule has 3 aromatic carbocycles. The highest BCUT2D eigenvalue weighted by Gasteiger charge is 2.26. The molecule has 1 amide bonds. The molecule has 0 saturated carbocycles. The number of fused-ring (bicyclic) bond motifs is 1. The molecular weight excluding hydrogens is 469 g/mol. The molecule has 2 aromatic heterocycles. The summed E-state index contributed by atoms with van der Waals surface area (Å²) in [4.78, 5) is 31.1. The van der Waals surface area contributed by atoms with Gasteiger partial charge in [-0.1, -0.05) is 55.5 Å².